The first kappa shape index (κ1) is 17.2. The zero-order valence-corrected chi connectivity index (χ0v) is 12.2. The van der Waals surface area contributed by atoms with Crippen molar-refractivity contribution in [2.24, 2.45) is 11.3 Å². The fourth-order valence-corrected chi connectivity index (χ4v) is 1.75. The second kappa shape index (κ2) is 7.59. The van der Waals surface area contributed by atoms with E-state index in [1.807, 2.05) is 27.7 Å². The molecule has 2 amide bonds. The van der Waals surface area contributed by atoms with Gasteiger partial charge in [-0.1, -0.05) is 20.8 Å². The molecule has 0 heterocycles. The van der Waals surface area contributed by atoms with Crippen molar-refractivity contribution in [3.05, 3.63) is 0 Å². The molecule has 0 rings (SSSR count). The first-order valence-electron chi connectivity index (χ1n) is 6.51. The van der Waals surface area contributed by atoms with Gasteiger partial charge in [0.15, 0.2) is 0 Å². The van der Waals surface area contributed by atoms with E-state index in [0.29, 0.717) is 13.0 Å². The lowest BCUT2D eigenvalue weighted by molar-refractivity contribution is 0.128. The molecule has 0 aliphatic carbocycles. The molecule has 0 saturated heterocycles. The summed E-state index contributed by atoms with van der Waals surface area (Å²) >= 11 is 0. The van der Waals surface area contributed by atoms with Gasteiger partial charge in [0.1, 0.15) is 0 Å². The molecule has 5 nitrogen and oxygen atoms in total. The van der Waals surface area contributed by atoms with E-state index < -0.39 is 0 Å². The Morgan fingerprint density at radius 1 is 1.28 bits per heavy atom. The molecule has 108 valence electrons. The van der Waals surface area contributed by atoms with E-state index in [4.69, 9.17) is 5.11 Å². The Morgan fingerprint density at radius 3 is 2.28 bits per heavy atom. The van der Waals surface area contributed by atoms with Crippen molar-refractivity contribution < 1.29 is 15.0 Å². The van der Waals surface area contributed by atoms with Crippen molar-refractivity contribution in [3.8, 4) is 0 Å². The third-order valence-corrected chi connectivity index (χ3v) is 3.08. The summed E-state index contributed by atoms with van der Waals surface area (Å²) in [7, 11) is 0. The first-order valence-corrected chi connectivity index (χ1v) is 6.51. The van der Waals surface area contributed by atoms with Crippen molar-refractivity contribution in [1.82, 2.24) is 10.6 Å². The number of aliphatic hydroxyl groups excluding tert-OH is 2. The zero-order chi connectivity index (χ0) is 14.3. The summed E-state index contributed by atoms with van der Waals surface area (Å²) in [6.07, 6.45) is 0.258. The van der Waals surface area contributed by atoms with Gasteiger partial charge >= 0.3 is 6.03 Å². The highest BCUT2D eigenvalue weighted by Gasteiger charge is 2.21. The van der Waals surface area contributed by atoms with Gasteiger partial charge in [-0.2, -0.15) is 0 Å². The van der Waals surface area contributed by atoms with E-state index in [-0.39, 0.29) is 36.1 Å². The fraction of sp³-hybridized carbons (Fsp3) is 0.923. The molecule has 0 aliphatic rings. The molecule has 3 atom stereocenters. The minimum Gasteiger partial charge on any atom is -0.396 e. The largest absolute Gasteiger partial charge is 0.396 e. The van der Waals surface area contributed by atoms with E-state index in [0.717, 1.165) is 0 Å². The van der Waals surface area contributed by atoms with Crippen LogP contribution in [-0.4, -0.2) is 41.5 Å². The maximum atomic E-state index is 11.6. The van der Waals surface area contributed by atoms with Crippen molar-refractivity contribution in [2.75, 3.05) is 13.2 Å². The van der Waals surface area contributed by atoms with Gasteiger partial charge in [0, 0.05) is 19.2 Å². The number of hydrogen-bond donors (Lipinski definition) is 4. The molecule has 0 saturated carbocycles. The highest BCUT2D eigenvalue weighted by Crippen LogP contribution is 2.20. The molecule has 0 aliphatic heterocycles. The molecule has 0 fully saturated rings. The van der Waals surface area contributed by atoms with Crippen LogP contribution in [0.5, 0.6) is 0 Å². The number of nitrogens with one attached hydrogen (secondary N) is 2. The Labute approximate surface area is 110 Å². The summed E-state index contributed by atoms with van der Waals surface area (Å²) in [5.41, 5.74) is -0.142. The van der Waals surface area contributed by atoms with Crippen LogP contribution in [0, 0.1) is 11.3 Å². The van der Waals surface area contributed by atoms with Gasteiger partial charge in [0.05, 0.1) is 6.10 Å². The van der Waals surface area contributed by atoms with Crippen molar-refractivity contribution >= 4 is 6.03 Å². The summed E-state index contributed by atoms with van der Waals surface area (Å²) in [5.74, 6) is 0.0289. The normalized spacial score (nSPS) is 16.8. The van der Waals surface area contributed by atoms with E-state index in [1.165, 1.54) is 0 Å². The molecule has 0 aromatic rings. The zero-order valence-electron chi connectivity index (χ0n) is 12.2. The monoisotopic (exact) mass is 260 g/mol. The summed E-state index contributed by atoms with van der Waals surface area (Å²) in [6.45, 7) is 10.0. The Hall–Kier alpha value is -0.810. The lowest BCUT2D eigenvalue weighted by Crippen LogP contribution is -2.47. The van der Waals surface area contributed by atoms with E-state index >= 15 is 0 Å². The lowest BCUT2D eigenvalue weighted by Gasteiger charge is -2.27. The van der Waals surface area contributed by atoms with Crippen molar-refractivity contribution in [1.29, 1.82) is 0 Å². The van der Waals surface area contributed by atoms with Crippen molar-refractivity contribution in [3.63, 3.8) is 0 Å². The standard InChI is InChI=1S/C13H28N2O3/c1-9(7-16)11(3)15-12(18)14-8-13(4,5)6-10(2)17/h9-11,16-17H,6-8H2,1-5H3,(H2,14,15,18). The molecule has 3 unspecified atom stereocenters. The highest BCUT2D eigenvalue weighted by atomic mass is 16.3. The van der Waals surface area contributed by atoms with Gasteiger partial charge in [-0.25, -0.2) is 4.79 Å². The molecule has 0 aromatic carbocycles. The number of rotatable bonds is 7. The Kier molecular flexibility index (Phi) is 7.25. The van der Waals surface area contributed by atoms with Gasteiger partial charge in [-0.3, -0.25) is 0 Å². The molecule has 5 heteroatoms. The van der Waals surface area contributed by atoms with E-state index in [2.05, 4.69) is 10.6 Å². The predicted molar refractivity (Wildman–Crippen MR) is 72.3 cm³/mol. The smallest absolute Gasteiger partial charge is 0.315 e. The van der Waals surface area contributed by atoms with Crippen LogP contribution in [0.2, 0.25) is 0 Å². The maximum Gasteiger partial charge on any atom is 0.315 e. The van der Waals surface area contributed by atoms with Gasteiger partial charge in [0.2, 0.25) is 0 Å². The first-order chi connectivity index (χ1) is 8.18. The number of urea groups is 1. The lowest BCUT2D eigenvalue weighted by atomic mass is 9.87. The molecular weight excluding hydrogens is 232 g/mol. The van der Waals surface area contributed by atoms with Gasteiger partial charge in [0.25, 0.3) is 0 Å². The third-order valence-electron chi connectivity index (χ3n) is 3.08. The average molecular weight is 260 g/mol. The van der Waals surface area contributed by atoms with Gasteiger partial charge in [-0.15, -0.1) is 0 Å². The van der Waals surface area contributed by atoms with Gasteiger partial charge in [-0.05, 0) is 31.6 Å². The van der Waals surface area contributed by atoms with Crippen LogP contribution in [0.3, 0.4) is 0 Å². The second-order valence-electron chi connectivity index (χ2n) is 5.99. The number of aliphatic hydroxyl groups is 2. The number of carbonyl (C=O) groups is 1. The minimum absolute atomic E-state index is 0.0289. The number of hydrogen-bond acceptors (Lipinski definition) is 3. The van der Waals surface area contributed by atoms with Crippen molar-refractivity contribution in [2.45, 2.75) is 53.2 Å². The quantitative estimate of drug-likeness (QED) is 0.553. The molecular formula is C13H28N2O3. The van der Waals surface area contributed by atoms with Gasteiger partial charge < -0.3 is 20.8 Å². The fourth-order valence-electron chi connectivity index (χ4n) is 1.75. The SMILES string of the molecule is CC(O)CC(C)(C)CNC(=O)NC(C)C(C)CO. The molecule has 18 heavy (non-hydrogen) atoms. The van der Waals surface area contributed by atoms with E-state index in [9.17, 15) is 9.90 Å². The number of carbonyl (C=O) groups excluding carboxylic acids is 1. The van der Waals surface area contributed by atoms with Crippen LogP contribution in [-0.2, 0) is 0 Å². The predicted octanol–water partition coefficient (Wildman–Crippen LogP) is 1.10. The Bertz CT molecular complexity index is 255. The number of amides is 2. The van der Waals surface area contributed by atoms with Crippen LogP contribution in [0.15, 0.2) is 0 Å². The molecule has 4 N–H and O–H groups in total. The topological polar surface area (TPSA) is 81.6 Å². The van der Waals surface area contributed by atoms with Crippen LogP contribution in [0.4, 0.5) is 4.79 Å². The summed E-state index contributed by atoms with van der Waals surface area (Å²) in [5, 5.41) is 23.9. The van der Waals surface area contributed by atoms with Crippen LogP contribution in [0.1, 0.15) is 41.0 Å². The third kappa shape index (κ3) is 7.50. The molecule has 0 spiro atoms. The Morgan fingerprint density at radius 2 is 1.83 bits per heavy atom. The second-order valence-corrected chi connectivity index (χ2v) is 5.99. The molecule has 0 radical (unpaired) electrons. The van der Waals surface area contributed by atoms with E-state index in [1.54, 1.807) is 6.92 Å². The van der Waals surface area contributed by atoms with Crippen LogP contribution < -0.4 is 10.6 Å². The molecule has 0 bridgehead atoms. The summed E-state index contributed by atoms with van der Waals surface area (Å²) in [6, 6.07) is -0.309. The Balaban J connectivity index is 4.03. The van der Waals surface area contributed by atoms with Crippen LogP contribution in [0.25, 0.3) is 0 Å². The highest BCUT2D eigenvalue weighted by molar-refractivity contribution is 5.74. The molecule has 0 aromatic heterocycles. The van der Waals surface area contributed by atoms with Crippen LogP contribution >= 0.6 is 0 Å². The summed E-state index contributed by atoms with van der Waals surface area (Å²) < 4.78 is 0. The maximum absolute atomic E-state index is 11.6. The minimum atomic E-state index is -0.377. The summed E-state index contributed by atoms with van der Waals surface area (Å²) in [4.78, 5) is 11.6. The average Bonchev–Trinajstić information content (AvgIpc) is 2.23.